The largest absolute Gasteiger partial charge is 0.338 e. The molecule has 2 aromatic rings. The van der Waals surface area contributed by atoms with Crippen molar-refractivity contribution in [2.75, 3.05) is 13.1 Å². The Hall–Kier alpha value is -2.24. The van der Waals surface area contributed by atoms with Crippen LogP contribution in [0.15, 0.2) is 30.7 Å². The summed E-state index contributed by atoms with van der Waals surface area (Å²) in [5.74, 6) is 0.949. The van der Waals surface area contributed by atoms with E-state index < -0.39 is 0 Å². The molecular weight excluding hydrogens is 266 g/mol. The molecule has 2 fully saturated rings. The monoisotopic (exact) mass is 283 g/mol. The Balaban J connectivity index is 1.38. The maximum Gasteiger partial charge on any atom is 0.222 e. The van der Waals surface area contributed by atoms with Crippen molar-refractivity contribution in [3.8, 4) is 11.3 Å². The van der Waals surface area contributed by atoms with Gasteiger partial charge in [-0.2, -0.15) is 0 Å². The van der Waals surface area contributed by atoms with Gasteiger partial charge in [0, 0.05) is 37.5 Å². The van der Waals surface area contributed by atoms with Gasteiger partial charge in [0.2, 0.25) is 5.91 Å². The van der Waals surface area contributed by atoms with Crippen LogP contribution in [-0.4, -0.2) is 43.9 Å². The van der Waals surface area contributed by atoms with Crippen molar-refractivity contribution < 1.29 is 4.79 Å². The smallest absolute Gasteiger partial charge is 0.222 e. The number of rotatable bonds is 4. The van der Waals surface area contributed by atoms with E-state index in [1.807, 2.05) is 27.9 Å². The molecule has 3 heterocycles. The molecule has 108 valence electrons. The third-order valence-corrected chi connectivity index (χ3v) is 4.24. The first-order chi connectivity index (χ1) is 10.3. The molecule has 1 saturated carbocycles. The van der Waals surface area contributed by atoms with E-state index in [4.69, 9.17) is 0 Å². The van der Waals surface area contributed by atoms with Gasteiger partial charge >= 0.3 is 0 Å². The average Bonchev–Trinajstić information content (AvgIpc) is 3.13. The average molecular weight is 283 g/mol. The molecule has 0 spiro atoms. The molecule has 4 rings (SSSR count). The van der Waals surface area contributed by atoms with Crippen molar-refractivity contribution in [2.24, 2.45) is 5.92 Å². The third-order valence-electron chi connectivity index (χ3n) is 4.24. The zero-order valence-corrected chi connectivity index (χ0v) is 11.7. The Bertz CT molecular complexity index is 643. The maximum absolute atomic E-state index is 12.0. The summed E-state index contributed by atoms with van der Waals surface area (Å²) < 4.78 is 1.87. The van der Waals surface area contributed by atoms with Crippen molar-refractivity contribution in [2.45, 2.75) is 25.3 Å². The number of aromatic nitrogens is 4. The van der Waals surface area contributed by atoms with Gasteiger partial charge in [-0.15, -0.1) is 5.10 Å². The summed E-state index contributed by atoms with van der Waals surface area (Å²) in [4.78, 5) is 17.9. The van der Waals surface area contributed by atoms with Crippen molar-refractivity contribution in [1.82, 2.24) is 24.9 Å². The Morgan fingerprint density at radius 3 is 2.71 bits per heavy atom. The normalized spacial score (nSPS) is 18.6. The lowest BCUT2D eigenvalue weighted by molar-refractivity contribution is -0.137. The number of nitrogens with zero attached hydrogens (tertiary/aromatic N) is 5. The summed E-state index contributed by atoms with van der Waals surface area (Å²) in [5, 5.41) is 8.39. The summed E-state index contributed by atoms with van der Waals surface area (Å²) in [6.07, 6.45) is 8.61. The Labute approximate surface area is 122 Å². The Morgan fingerprint density at radius 2 is 2.00 bits per heavy atom. The Kier molecular flexibility index (Phi) is 2.94. The fourth-order valence-corrected chi connectivity index (χ4v) is 2.63. The minimum atomic E-state index is 0.260. The summed E-state index contributed by atoms with van der Waals surface area (Å²) in [7, 11) is 0. The van der Waals surface area contributed by atoms with Crippen LogP contribution in [0.25, 0.3) is 11.3 Å². The number of hydrogen-bond donors (Lipinski definition) is 0. The fourth-order valence-electron chi connectivity index (χ4n) is 2.63. The molecule has 0 atom stereocenters. The molecule has 6 heteroatoms. The molecule has 1 aliphatic carbocycles. The van der Waals surface area contributed by atoms with E-state index in [-0.39, 0.29) is 6.04 Å². The van der Waals surface area contributed by atoms with Crippen molar-refractivity contribution in [3.63, 3.8) is 0 Å². The molecule has 0 N–H and O–H groups in total. The van der Waals surface area contributed by atoms with Gasteiger partial charge in [0.05, 0.1) is 12.2 Å². The number of likely N-dealkylation sites (tertiary alicyclic amines) is 1. The van der Waals surface area contributed by atoms with Crippen LogP contribution < -0.4 is 0 Å². The van der Waals surface area contributed by atoms with Gasteiger partial charge in [-0.05, 0) is 30.9 Å². The second-order valence-electron chi connectivity index (χ2n) is 5.92. The molecule has 21 heavy (non-hydrogen) atoms. The van der Waals surface area contributed by atoms with Crippen LogP contribution in [0.2, 0.25) is 0 Å². The second-order valence-corrected chi connectivity index (χ2v) is 5.92. The van der Waals surface area contributed by atoms with Crippen molar-refractivity contribution >= 4 is 5.91 Å². The van der Waals surface area contributed by atoms with Crippen LogP contribution in [0, 0.1) is 5.92 Å². The first-order valence-electron chi connectivity index (χ1n) is 7.39. The van der Waals surface area contributed by atoms with Gasteiger partial charge in [0.1, 0.15) is 5.69 Å². The number of carbonyl (C=O) groups excluding carboxylic acids is 1. The van der Waals surface area contributed by atoms with E-state index in [0.717, 1.165) is 30.8 Å². The minimum absolute atomic E-state index is 0.260. The lowest BCUT2D eigenvalue weighted by Crippen LogP contribution is -2.51. The Morgan fingerprint density at radius 1 is 1.24 bits per heavy atom. The summed E-state index contributed by atoms with van der Waals surface area (Å²) in [5.41, 5.74) is 1.86. The first kappa shape index (κ1) is 12.5. The van der Waals surface area contributed by atoms with Gasteiger partial charge in [0.15, 0.2) is 0 Å². The van der Waals surface area contributed by atoms with Crippen molar-refractivity contribution in [1.29, 1.82) is 0 Å². The molecule has 6 nitrogen and oxygen atoms in total. The highest BCUT2D eigenvalue weighted by Gasteiger charge is 2.35. The zero-order chi connectivity index (χ0) is 14.2. The topological polar surface area (TPSA) is 63.9 Å². The molecule has 1 aliphatic heterocycles. The predicted molar refractivity (Wildman–Crippen MR) is 76.2 cm³/mol. The molecule has 0 bridgehead atoms. The number of pyridine rings is 1. The molecule has 0 aromatic carbocycles. The highest BCUT2D eigenvalue weighted by Crippen LogP contribution is 2.34. The van der Waals surface area contributed by atoms with Crippen LogP contribution in [0.5, 0.6) is 0 Å². The van der Waals surface area contributed by atoms with E-state index in [1.54, 1.807) is 12.4 Å². The molecule has 0 unspecified atom stereocenters. The van der Waals surface area contributed by atoms with E-state index in [2.05, 4.69) is 15.3 Å². The lowest BCUT2D eigenvalue weighted by atomic mass is 10.1. The summed E-state index contributed by atoms with van der Waals surface area (Å²) in [6.45, 7) is 1.51. The van der Waals surface area contributed by atoms with Crippen LogP contribution in [0.1, 0.15) is 25.3 Å². The molecular formula is C15H17N5O. The van der Waals surface area contributed by atoms with E-state index in [0.29, 0.717) is 11.8 Å². The van der Waals surface area contributed by atoms with Gasteiger partial charge in [-0.3, -0.25) is 9.78 Å². The van der Waals surface area contributed by atoms with Gasteiger partial charge < -0.3 is 4.90 Å². The van der Waals surface area contributed by atoms with E-state index in [1.165, 1.54) is 12.8 Å². The summed E-state index contributed by atoms with van der Waals surface area (Å²) in [6, 6.07) is 4.09. The highest BCUT2D eigenvalue weighted by molar-refractivity contribution is 5.77. The summed E-state index contributed by atoms with van der Waals surface area (Å²) >= 11 is 0. The SMILES string of the molecule is O=C(CC1CC1)N1CC(n2cc(-c3ccncc3)nn2)C1. The highest BCUT2D eigenvalue weighted by atomic mass is 16.2. The maximum atomic E-state index is 12.0. The molecule has 1 amide bonds. The van der Waals surface area contributed by atoms with Crippen LogP contribution >= 0.6 is 0 Å². The van der Waals surface area contributed by atoms with Crippen LogP contribution in [-0.2, 0) is 4.79 Å². The first-order valence-corrected chi connectivity index (χ1v) is 7.39. The van der Waals surface area contributed by atoms with Crippen molar-refractivity contribution in [3.05, 3.63) is 30.7 Å². The predicted octanol–water partition coefficient (Wildman–Crippen LogP) is 1.52. The number of hydrogen-bond acceptors (Lipinski definition) is 4. The van der Waals surface area contributed by atoms with Gasteiger partial charge in [-0.25, -0.2) is 4.68 Å². The standard InChI is InChI=1S/C15H17N5O/c21-15(7-11-1-2-11)19-8-13(9-19)20-10-14(17-18-20)12-3-5-16-6-4-12/h3-6,10-11,13H,1-2,7-9H2. The zero-order valence-electron chi connectivity index (χ0n) is 11.7. The van der Waals surface area contributed by atoms with Crippen LogP contribution in [0.4, 0.5) is 0 Å². The second kappa shape index (κ2) is 4.95. The lowest BCUT2D eigenvalue weighted by Gasteiger charge is -2.39. The minimum Gasteiger partial charge on any atom is -0.338 e. The molecule has 2 aliphatic rings. The molecule has 2 aromatic heterocycles. The molecule has 0 radical (unpaired) electrons. The van der Waals surface area contributed by atoms with Gasteiger partial charge in [0.25, 0.3) is 0 Å². The van der Waals surface area contributed by atoms with Gasteiger partial charge in [-0.1, -0.05) is 5.21 Å². The quantitative estimate of drug-likeness (QED) is 0.853. The van der Waals surface area contributed by atoms with Crippen LogP contribution in [0.3, 0.4) is 0 Å². The van der Waals surface area contributed by atoms with E-state index >= 15 is 0 Å². The number of carbonyl (C=O) groups is 1. The van der Waals surface area contributed by atoms with E-state index in [9.17, 15) is 4.79 Å². The molecule has 1 saturated heterocycles. The third kappa shape index (κ3) is 2.53. The number of amides is 1. The fraction of sp³-hybridized carbons (Fsp3) is 0.467.